The zero-order valence-electron chi connectivity index (χ0n) is 14.5. The fourth-order valence-corrected chi connectivity index (χ4v) is 3.88. The van der Waals surface area contributed by atoms with E-state index in [0.717, 1.165) is 27.9 Å². The van der Waals surface area contributed by atoms with Crippen LogP contribution in [0.25, 0.3) is 0 Å². The van der Waals surface area contributed by atoms with Crippen LogP contribution in [0, 0.1) is 12.7 Å². The first-order valence-electron chi connectivity index (χ1n) is 8.33. The van der Waals surface area contributed by atoms with Crippen LogP contribution in [-0.2, 0) is 0 Å². The molecule has 1 aliphatic heterocycles. The lowest BCUT2D eigenvalue weighted by molar-refractivity contribution is 0.415. The molecule has 0 N–H and O–H groups in total. The van der Waals surface area contributed by atoms with Gasteiger partial charge in [-0.05, 0) is 42.8 Å². The van der Waals surface area contributed by atoms with Gasteiger partial charge in [0.25, 0.3) is 0 Å². The molecule has 0 radical (unpaired) electrons. The topological polar surface area (TPSA) is 37.7 Å². The zero-order chi connectivity index (χ0) is 18.1. The van der Waals surface area contributed by atoms with Gasteiger partial charge < -0.3 is 4.74 Å². The normalized spacial score (nSPS) is 16.7. The molecule has 0 bridgehead atoms. The molecule has 1 aromatic heterocycles. The maximum atomic E-state index is 14.5. The summed E-state index contributed by atoms with van der Waals surface area (Å²) in [6.45, 7) is 1.95. The van der Waals surface area contributed by atoms with Gasteiger partial charge in [-0.1, -0.05) is 18.2 Å². The largest absolute Gasteiger partial charge is 0.497 e. The predicted octanol–water partition coefficient (Wildman–Crippen LogP) is 4.95. The Morgan fingerprint density at radius 1 is 1.15 bits per heavy atom. The zero-order valence-corrected chi connectivity index (χ0v) is 15.3. The van der Waals surface area contributed by atoms with E-state index in [0.29, 0.717) is 12.0 Å². The van der Waals surface area contributed by atoms with Gasteiger partial charge >= 0.3 is 0 Å². The molecule has 2 aromatic carbocycles. The van der Waals surface area contributed by atoms with Crippen LogP contribution >= 0.6 is 11.3 Å². The van der Waals surface area contributed by atoms with E-state index in [1.807, 2.05) is 53.7 Å². The Bertz CT molecular complexity index is 952. The second-order valence-corrected chi connectivity index (χ2v) is 6.97. The molecule has 0 unspecified atom stereocenters. The first kappa shape index (κ1) is 16.7. The summed E-state index contributed by atoms with van der Waals surface area (Å²) in [6.07, 6.45) is 0.617. The number of hydrogen-bond acceptors (Lipinski definition) is 5. The van der Waals surface area contributed by atoms with Crippen LogP contribution in [-0.4, -0.2) is 17.8 Å². The van der Waals surface area contributed by atoms with Gasteiger partial charge in [0.2, 0.25) is 5.13 Å². The van der Waals surface area contributed by atoms with Gasteiger partial charge in [0.15, 0.2) is 0 Å². The summed E-state index contributed by atoms with van der Waals surface area (Å²) >= 11 is 1.52. The number of aryl methyl sites for hydroxylation is 1. The lowest BCUT2D eigenvalue weighted by Crippen LogP contribution is -2.19. The number of benzene rings is 2. The summed E-state index contributed by atoms with van der Waals surface area (Å²) < 4.78 is 19.7. The van der Waals surface area contributed by atoms with Crippen LogP contribution in [0.5, 0.6) is 5.75 Å². The van der Waals surface area contributed by atoms with Crippen molar-refractivity contribution in [2.24, 2.45) is 5.10 Å². The smallest absolute Gasteiger partial charge is 0.206 e. The molecular formula is C20H18FN3OS. The highest BCUT2D eigenvalue weighted by Crippen LogP contribution is 2.38. The molecular weight excluding hydrogens is 349 g/mol. The lowest BCUT2D eigenvalue weighted by atomic mass is 9.98. The first-order chi connectivity index (χ1) is 12.7. The van der Waals surface area contributed by atoms with E-state index in [1.165, 1.54) is 17.4 Å². The van der Waals surface area contributed by atoms with E-state index in [2.05, 4.69) is 4.98 Å². The van der Waals surface area contributed by atoms with Gasteiger partial charge in [-0.3, -0.25) is 0 Å². The average molecular weight is 367 g/mol. The van der Waals surface area contributed by atoms with Crippen LogP contribution in [0.3, 0.4) is 0 Å². The van der Waals surface area contributed by atoms with Crippen molar-refractivity contribution >= 4 is 22.2 Å². The van der Waals surface area contributed by atoms with Crippen LogP contribution in [0.1, 0.15) is 29.3 Å². The molecule has 0 saturated heterocycles. The molecule has 3 aromatic rings. The molecule has 0 aliphatic carbocycles. The summed E-state index contributed by atoms with van der Waals surface area (Å²) in [5, 5.41) is 9.39. The van der Waals surface area contributed by atoms with Crippen molar-refractivity contribution in [2.45, 2.75) is 19.4 Å². The monoisotopic (exact) mass is 367 g/mol. The molecule has 1 aliphatic rings. The highest BCUT2D eigenvalue weighted by Gasteiger charge is 2.33. The molecule has 26 heavy (non-hydrogen) atoms. The van der Waals surface area contributed by atoms with Gasteiger partial charge in [0.05, 0.1) is 24.6 Å². The minimum atomic E-state index is -0.220. The molecule has 1 atom stereocenters. The van der Waals surface area contributed by atoms with Gasteiger partial charge in [0, 0.05) is 17.4 Å². The maximum absolute atomic E-state index is 14.5. The minimum absolute atomic E-state index is 0.209. The molecule has 4 nitrogen and oxygen atoms in total. The molecule has 0 amide bonds. The number of methoxy groups -OCH3 is 1. The third-order valence-corrected chi connectivity index (χ3v) is 5.35. The molecule has 2 heterocycles. The molecule has 0 saturated carbocycles. The van der Waals surface area contributed by atoms with E-state index in [9.17, 15) is 4.39 Å². The number of nitrogens with zero attached hydrogens (tertiary/aromatic N) is 3. The number of thiazole rings is 1. The standard InChI is InChI=1S/C20H18FN3OS/c1-13-12-26-20(22-13)24-19(16-5-3-4-6-17(16)21)11-18(23-24)14-7-9-15(25-2)10-8-14/h3-10,12,19H,11H2,1-2H3/t19-/m0/s1. The number of hydrazone groups is 1. The molecule has 132 valence electrons. The third-order valence-electron chi connectivity index (χ3n) is 4.40. The van der Waals surface area contributed by atoms with Crippen molar-refractivity contribution in [1.82, 2.24) is 4.98 Å². The van der Waals surface area contributed by atoms with E-state index in [-0.39, 0.29) is 11.9 Å². The van der Waals surface area contributed by atoms with E-state index in [1.54, 1.807) is 13.2 Å². The van der Waals surface area contributed by atoms with E-state index >= 15 is 0 Å². The second kappa shape index (κ2) is 6.88. The number of rotatable bonds is 4. The SMILES string of the molecule is COc1ccc(C2=NN(c3nc(C)cs3)[C@H](c3ccccc3F)C2)cc1. The Morgan fingerprint density at radius 3 is 2.58 bits per heavy atom. The Hall–Kier alpha value is -2.73. The Kier molecular flexibility index (Phi) is 4.42. The van der Waals surface area contributed by atoms with Crippen LogP contribution in [0.2, 0.25) is 0 Å². The average Bonchev–Trinajstić information content (AvgIpc) is 3.28. The lowest BCUT2D eigenvalue weighted by Gasteiger charge is -2.21. The Balaban J connectivity index is 1.74. The van der Waals surface area contributed by atoms with Crippen LogP contribution in [0.15, 0.2) is 59.0 Å². The van der Waals surface area contributed by atoms with Gasteiger partial charge in [-0.2, -0.15) is 5.10 Å². The second-order valence-electron chi connectivity index (χ2n) is 6.13. The summed E-state index contributed by atoms with van der Waals surface area (Å²) in [7, 11) is 1.64. The molecule has 4 rings (SSSR count). The van der Waals surface area contributed by atoms with Gasteiger partial charge in [-0.15, -0.1) is 11.3 Å². The van der Waals surface area contributed by atoms with E-state index in [4.69, 9.17) is 9.84 Å². The third kappa shape index (κ3) is 3.08. The summed E-state index contributed by atoms with van der Waals surface area (Å²) in [4.78, 5) is 4.55. The summed E-state index contributed by atoms with van der Waals surface area (Å²) in [5.41, 5.74) is 3.48. The number of anilines is 1. The molecule has 6 heteroatoms. The number of ether oxygens (including phenoxy) is 1. The van der Waals surface area contributed by atoms with Gasteiger partial charge in [0.1, 0.15) is 11.6 Å². The van der Waals surface area contributed by atoms with Crippen molar-refractivity contribution in [1.29, 1.82) is 0 Å². The maximum Gasteiger partial charge on any atom is 0.206 e. The fourth-order valence-electron chi connectivity index (χ4n) is 3.08. The quantitative estimate of drug-likeness (QED) is 0.654. The highest BCUT2D eigenvalue weighted by molar-refractivity contribution is 7.13. The number of halogens is 1. The minimum Gasteiger partial charge on any atom is -0.497 e. The van der Waals surface area contributed by atoms with Gasteiger partial charge in [-0.25, -0.2) is 14.4 Å². The summed E-state index contributed by atoms with van der Waals surface area (Å²) in [5.74, 6) is 0.576. The van der Waals surface area contributed by atoms with Crippen LogP contribution < -0.4 is 9.75 Å². The Labute approximate surface area is 155 Å². The highest BCUT2D eigenvalue weighted by atomic mass is 32.1. The van der Waals surface area contributed by atoms with Crippen molar-refractivity contribution in [2.75, 3.05) is 12.1 Å². The Morgan fingerprint density at radius 2 is 1.92 bits per heavy atom. The van der Waals surface area contributed by atoms with Crippen molar-refractivity contribution < 1.29 is 9.13 Å². The number of hydrogen-bond donors (Lipinski definition) is 0. The van der Waals surface area contributed by atoms with E-state index < -0.39 is 0 Å². The van der Waals surface area contributed by atoms with Crippen molar-refractivity contribution in [3.63, 3.8) is 0 Å². The predicted molar refractivity (Wildman–Crippen MR) is 103 cm³/mol. The molecule has 0 fully saturated rings. The number of aromatic nitrogens is 1. The molecule has 0 spiro atoms. The van der Waals surface area contributed by atoms with Crippen molar-refractivity contribution in [3.8, 4) is 5.75 Å². The summed E-state index contributed by atoms with van der Waals surface area (Å²) in [6, 6.07) is 14.4. The van der Waals surface area contributed by atoms with Crippen LogP contribution in [0.4, 0.5) is 9.52 Å². The first-order valence-corrected chi connectivity index (χ1v) is 9.21. The van der Waals surface area contributed by atoms with Crippen molar-refractivity contribution in [3.05, 3.63) is 76.5 Å². The fraction of sp³-hybridized carbons (Fsp3) is 0.200.